The van der Waals surface area contributed by atoms with Gasteiger partial charge in [0.15, 0.2) is 5.13 Å². The minimum Gasteiger partial charge on any atom is -0.378 e. The molecule has 2 aliphatic rings. The molecule has 1 atom stereocenters. The van der Waals surface area contributed by atoms with E-state index in [1.807, 2.05) is 11.8 Å². The second-order valence-electron chi connectivity index (χ2n) is 7.11. The Kier molecular flexibility index (Phi) is 7.77. The van der Waals surface area contributed by atoms with Crippen molar-refractivity contribution in [2.24, 2.45) is 0 Å². The Labute approximate surface area is 171 Å². The second kappa shape index (κ2) is 10.1. The molecule has 0 radical (unpaired) electrons. The van der Waals surface area contributed by atoms with Gasteiger partial charge in [-0.05, 0) is 19.7 Å². The quantitative estimate of drug-likeness (QED) is 0.678. The van der Waals surface area contributed by atoms with E-state index in [0.29, 0.717) is 25.3 Å². The van der Waals surface area contributed by atoms with E-state index < -0.39 is 0 Å². The molecule has 2 fully saturated rings. The third-order valence-corrected chi connectivity index (χ3v) is 6.37. The molecular formula is C18H30N4O3S2. The van der Waals surface area contributed by atoms with Gasteiger partial charge in [-0.25, -0.2) is 4.98 Å². The number of carbonyl (C=O) groups excluding carboxylic acids is 1. The van der Waals surface area contributed by atoms with Crippen molar-refractivity contribution in [3.05, 3.63) is 10.6 Å². The number of ether oxygens (including phenoxy) is 2. The van der Waals surface area contributed by atoms with Gasteiger partial charge in [-0.3, -0.25) is 4.79 Å². The fraction of sp³-hybridized carbons (Fsp3) is 0.778. The Bertz CT molecular complexity index is 622. The molecule has 0 spiro atoms. The first-order chi connectivity index (χ1) is 13.1. The van der Waals surface area contributed by atoms with Crippen LogP contribution in [0.2, 0.25) is 0 Å². The zero-order valence-corrected chi connectivity index (χ0v) is 17.9. The van der Waals surface area contributed by atoms with Crippen molar-refractivity contribution in [2.75, 3.05) is 70.2 Å². The number of aryl methyl sites for hydroxylation is 1. The molecule has 0 bridgehead atoms. The smallest absolute Gasteiger partial charge is 0.223 e. The summed E-state index contributed by atoms with van der Waals surface area (Å²) in [5.41, 5.74) is 1.01. The fourth-order valence-corrected chi connectivity index (χ4v) is 4.67. The summed E-state index contributed by atoms with van der Waals surface area (Å²) in [5, 5.41) is 1.03. The van der Waals surface area contributed by atoms with Crippen molar-refractivity contribution in [3.8, 4) is 0 Å². The first-order valence-corrected chi connectivity index (χ1v) is 11.0. The van der Waals surface area contributed by atoms with Crippen LogP contribution in [0.5, 0.6) is 0 Å². The highest BCUT2D eigenvalue weighted by atomic mass is 32.1. The maximum absolute atomic E-state index is 12.7. The molecule has 2 saturated heterocycles. The summed E-state index contributed by atoms with van der Waals surface area (Å²) >= 11 is 5.93. The van der Waals surface area contributed by atoms with E-state index >= 15 is 0 Å². The predicted octanol–water partition coefficient (Wildman–Crippen LogP) is 1.27. The fourth-order valence-electron chi connectivity index (χ4n) is 3.35. The van der Waals surface area contributed by atoms with Crippen LogP contribution in [0, 0.1) is 6.92 Å². The lowest BCUT2D eigenvalue weighted by atomic mass is 10.2. The Hall–Kier alpha value is -0.870. The number of hydrogen-bond acceptors (Lipinski definition) is 8. The average Bonchev–Trinajstić information content (AvgIpc) is 3.03. The van der Waals surface area contributed by atoms with Gasteiger partial charge in [0.1, 0.15) is 0 Å². The van der Waals surface area contributed by atoms with Crippen LogP contribution in [-0.4, -0.2) is 92.1 Å². The monoisotopic (exact) mass is 414 g/mol. The first-order valence-electron chi connectivity index (χ1n) is 9.54. The Morgan fingerprint density at radius 2 is 2.11 bits per heavy atom. The molecule has 1 aromatic rings. The van der Waals surface area contributed by atoms with E-state index in [1.165, 1.54) is 0 Å². The van der Waals surface area contributed by atoms with Gasteiger partial charge in [-0.15, -0.1) is 0 Å². The third kappa shape index (κ3) is 5.80. The van der Waals surface area contributed by atoms with E-state index in [9.17, 15) is 4.79 Å². The predicted molar refractivity (Wildman–Crippen MR) is 111 cm³/mol. The molecule has 0 aromatic carbocycles. The lowest BCUT2D eigenvalue weighted by molar-refractivity contribution is -0.134. The number of morpholine rings is 2. The van der Waals surface area contributed by atoms with Crippen LogP contribution in [0.1, 0.15) is 17.0 Å². The number of nitrogens with zero attached hydrogens (tertiary/aromatic N) is 4. The van der Waals surface area contributed by atoms with Gasteiger partial charge in [-0.2, -0.15) is 12.6 Å². The SMILES string of the molecule is Cc1nc(N2CCOCC2)sc1CN(CC1CN(C)CCO1)C(=O)CCS. The summed E-state index contributed by atoms with van der Waals surface area (Å²) in [6.45, 7) is 8.97. The molecule has 0 saturated carbocycles. The molecule has 1 amide bonds. The van der Waals surface area contributed by atoms with Gasteiger partial charge in [0.25, 0.3) is 0 Å². The minimum atomic E-state index is 0.0551. The molecular weight excluding hydrogens is 384 g/mol. The van der Waals surface area contributed by atoms with E-state index in [2.05, 4.69) is 29.5 Å². The molecule has 0 aliphatic carbocycles. The van der Waals surface area contributed by atoms with Gasteiger partial charge >= 0.3 is 0 Å². The van der Waals surface area contributed by atoms with E-state index in [0.717, 1.165) is 61.7 Å². The number of aromatic nitrogens is 1. The molecule has 0 N–H and O–H groups in total. The van der Waals surface area contributed by atoms with E-state index in [1.54, 1.807) is 11.3 Å². The zero-order chi connectivity index (χ0) is 19.2. The first kappa shape index (κ1) is 20.9. The Morgan fingerprint density at radius 3 is 2.81 bits per heavy atom. The summed E-state index contributed by atoms with van der Waals surface area (Å²) in [6, 6.07) is 0. The molecule has 1 aromatic heterocycles. The van der Waals surface area contributed by atoms with Crippen LogP contribution in [-0.2, 0) is 20.8 Å². The number of amides is 1. The van der Waals surface area contributed by atoms with Crippen LogP contribution in [0.25, 0.3) is 0 Å². The number of hydrogen-bond donors (Lipinski definition) is 1. The van der Waals surface area contributed by atoms with Crippen molar-refractivity contribution in [2.45, 2.75) is 26.0 Å². The number of likely N-dealkylation sites (N-methyl/N-ethyl adjacent to an activating group) is 1. The number of thiazole rings is 1. The topological polar surface area (TPSA) is 58.1 Å². The lowest BCUT2D eigenvalue weighted by Crippen LogP contribution is -2.47. The molecule has 152 valence electrons. The van der Waals surface area contributed by atoms with Crippen molar-refractivity contribution in [1.82, 2.24) is 14.8 Å². The van der Waals surface area contributed by atoms with Gasteiger partial charge in [0.2, 0.25) is 5.91 Å². The maximum atomic E-state index is 12.7. The largest absolute Gasteiger partial charge is 0.378 e. The van der Waals surface area contributed by atoms with Crippen LogP contribution >= 0.6 is 24.0 Å². The molecule has 27 heavy (non-hydrogen) atoms. The lowest BCUT2D eigenvalue weighted by Gasteiger charge is -2.34. The molecule has 7 nitrogen and oxygen atoms in total. The highest BCUT2D eigenvalue weighted by Crippen LogP contribution is 2.28. The highest BCUT2D eigenvalue weighted by Gasteiger charge is 2.25. The van der Waals surface area contributed by atoms with E-state index in [-0.39, 0.29) is 12.0 Å². The normalized spacial score (nSPS) is 21.4. The summed E-state index contributed by atoms with van der Waals surface area (Å²) in [6.07, 6.45) is 0.499. The number of carbonyl (C=O) groups is 1. The minimum absolute atomic E-state index is 0.0551. The van der Waals surface area contributed by atoms with Gasteiger partial charge in [-0.1, -0.05) is 11.3 Å². The van der Waals surface area contributed by atoms with Crippen LogP contribution < -0.4 is 4.90 Å². The third-order valence-electron chi connectivity index (χ3n) is 4.94. The molecule has 1 unspecified atom stereocenters. The van der Waals surface area contributed by atoms with Crippen molar-refractivity contribution in [1.29, 1.82) is 0 Å². The summed E-state index contributed by atoms with van der Waals surface area (Å²) in [7, 11) is 2.09. The van der Waals surface area contributed by atoms with Crippen molar-refractivity contribution >= 4 is 35.0 Å². The summed E-state index contributed by atoms with van der Waals surface area (Å²) < 4.78 is 11.3. The molecule has 3 rings (SSSR count). The Balaban J connectivity index is 1.69. The number of anilines is 1. The molecule has 2 aliphatic heterocycles. The van der Waals surface area contributed by atoms with Crippen LogP contribution in [0.15, 0.2) is 0 Å². The van der Waals surface area contributed by atoms with Crippen LogP contribution in [0.3, 0.4) is 0 Å². The van der Waals surface area contributed by atoms with Gasteiger partial charge in [0, 0.05) is 44.0 Å². The maximum Gasteiger partial charge on any atom is 0.223 e. The van der Waals surface area contributed by atoms with Gasteiger partial charge < -0.3 is 24.2 Å². The summed E-state index contributed by atoms with van der Waals surface area (Å²) in [5.74, 6) is 0.684. The average molecular weight is 415 g/mol. The number of rotatable bonds is 7. The zero-order valence-electron chi connectivity index (χ0n) is 16.2. The van der Waals surface area contributed by atoms with Crippen molar-refractivity contribution in [3.63, 3.8) is 0 Å². The van der Waals surface area contributed by atoms with Gasteiger partial charge in [0.05, 0.1) is 38.2 Å². The number of thiol groups is 1. The standard InChI is InChI=1S/C18H30N4O3S2/c1-14-16(27-18(19-14)21-5-7-24-8-6-21)13-22(17(23)3-10-26)12-15-11-20(2)4-9-25-15/h15,26H,3-13H2,1-2H3. The Morgan fingerprint density at radius 1 is 1.33 bits per heavy atom. The summed E-state index contributed by atoms with van der Waals surface area (Å²) in [4.78, 5) is 25.0. The second-order valence-corrected chi connectivity index (χ2v) is 8.62. The molecule has 3 heterocycles. The highest BCUT2D eigenvalue weighted by molar-refractivity contribution is 7.80. The van der Waals surface area contributed by atoms with E-state index in [4.69, 9.17) is 14.5 Å². The van der Waals surface area contributed by atoms with Crippen molar-refractivity contribution < 1.29 is 14.3 Å². The molecule has 9 heteroatoms. The van der Waals surface area contributed by atoms with Crippen LogP contribution in [0.4, 0.5) is 5.13 Å².